The van der Waals surface area contributed by atoms with Gasteiger partial charge in [0.05, 0.1) is 12.3 Å². The molecule has 80 valence electrons. The van der Waals surface area contributed by atoms with Crippen LogP contribution < -0.4 is 10.5 Å². The van der Waals surface area contributed by atoms with E-state index < -0.39 is 0 Å². The Balaban J connectivity index is 2.21. The number of hydrogen-bond donors (Lipinski definition) is 1. The maximum atomic E-state index is 5.56. The van der Waals surface area contributed by atoms with Crippen LogP contribution in [0.4, 0.5) is 0 Å². The molecular formula is C10H19N3O. The fourth-order valence-corrected chi connectivity index (χ4v) is 1.32. The van der Waals surface area contributed by atoms with E-state index in [0.717, 1.165) is 44.0 Å². The molecule has 1 heterocycles. The van der Waals surface area contributed by atoms with Gasteiger partial charge in [0.25, 0.3) is 0 Å². The predicted molar refractivity (Wildman–Crippen MR) is 56.3 cm³/mol. The van der Waals surface area contributed by atoms with Crippen molar-refractivity contribution in [1.29, 1.82) is 0 Å². The van der Waals surface area contributed by atoms with E-state index in [9.17, 15) is 0 Å². The molecule has 0 spiro atoms. The van der Waals surface area contributed by atoms with Crippen LogP contribution in [0, 0.1) is 6.92 Å². The van der Waals surface area contributed by atoms with Crippen LogP contribution in [0.5, 0.6) is 5.88 Å². The molecule has 0 saturated carbocycles. The van der Waals surface area contributed by atoms with E-state index in [1.807, 2.05) is 20.0 Å². The van der Waals surface area contributed by atoms with E-state index in [0.29, 0.717) is 0 Å². The van der Waals surface area contributed by atoms with Crippen molar-refractivity contribution in [2.24, 2.45) is 12.8 Å². The summed E-state index contributed by atoms with van der Waals surface area (Å²) in [6.45, 7) is 3.48. The number of unbranched alkanes of at least 4 members (excludes halogenated alkanes) is 2. The summed E-state index contributed by atoms with van der Waals surface area (Å²) in [6.07, 6.45) is 3.27. The Labute approximate surface area is 85.0 Å². The highest BCUT2D eigenvalue weighted by Gasteiger charge is 2.01. The van der Waals surface area contributed by atoms with Gasteiger partial charge >= 0.3 is 0 Å². The summed E-state index contributed by atoms with van der Waals surface area (Å²) >= 11 is 0. The lowest BCUT2D eigenvalue weighted by Gasteiger charge is -2.04. The van der Waals surface area contributed by atoms with Gasteiger partial charge in [-0.15, -0.1) is 0 Å². The molecule has 4 nitrogen and oxygen atoms in total. The molecule has 1 aromatic rings. The van der Waals surface area contributed by atoms with E-state index in [-0.39, 0.29) is 0 Å². The van der Waals surface area contributed by atoms with Gasteiger partial charge in [0, 0.05) is 13.1 Å². The molecule has 0 aliphatic heterocycles. The number of nitrogens with two attached hydrogens (primary N) is 1. The lowest BCUT2D eigenvalue weighted by atomic mass is 10.2. The summed E-state index contributed by atoms with van der Waals surface area (Å²) in [4.78, 5) is 0. The highest BCUT2D eigenvalue weighted by molar-refractivity contribution is 5.14. The molecule has 0 saturated heterocycles. The van der Waals surface area contributed by atoms with Crippen molar-refractivity contribution in [3.05, 3.63) is 11.8 Å². The SMILES string of the molecule is Cc1cc(OCCCCCN)n(C)n1. The molecule has 0 bridgehead atoms. The largest absolute Gasteiger partial charge is 0.478 e. The van der Waals surface area contributed by atoms with Crippen LogP contribution in [-0.4, -0.2) is 22.9 Å². The minimum Gasteiger partial charge on any atom is -0.478 e. The Kier molecular flexibility index (Phi) is 4.46. The second-order valence-corrected chi connectivity index (χ2v) is 3.45. The number of aryl methyl sites for hydroxylation is 2. The maximum Gasteiger partial charge on any atom is 0.211 e. The van der Waals surface area contributed by atoms with Crippen molar-refractivity contribution >= 4 is 0 Å². The summed E-state index contributed by atoms with van der Waals surface area (Å²) in [5.74, 6) is 0.843. The molecule has 0 aliphatic carbocycles. The summed E-state index contributed by atoms with van der Waals surface area (Å²) in [7, 11) is 1.89. The lowest BCUT2D eigenvalue weighted by molar-refractivity contribution is 0.280. The van der Waals surface area contributed by atoms with Crippen LogP contribution in [0.25, 0.3) is 0 Å². The fourth-order valence-electron chi connectivity index (χ4n) is 1.32. The minimum absolute atomic E-state index is 0.749. The van der Waals surface area contributed by atoms with E-state index in [2.05, 4.69) is 5.10 Å². The Morgan fingerprint density at radius 3 is 2.79 bits per heavy atom. The van der Waals surface area contributed by atoms with E-state index >= 15 is 0 Å². The first-order valence-corrected chi connectivity index (χ1v) is 5.07. The summed E-state index contributed by atoms with van der Waals surface area (Å²) in [5.41, 5.74) is 6.38. The topological polar surface area (TPSA) is 53.1 Å². The molecule has 0 radical (unpaired) electrons. The van der Waals surface area contributed by atoms with Crippen LogP contribution in [-0.2, 0) is 7.05 Å². The van der Waals surface area contributed by atoms with Crippen molar-refractivity contribution in [1.82, 2.24) is 9.78 Å². The van der Waals surface area contributed by atoms with Crippen LogP contribution in [0.15, 0.2) is 6.07 Å². The quantitative estimate of drug-likeness (QED) is 0.698. The van der Waals surface area contributed by atoms with Crippen molar-refractivity contribution < 1.29 is 4.74 Å². The number of rotatable bonds is 6. The second kappa shape index (κ2) is 5.65. The predicted octanol–water partition coefficient (Wildman–Crippen LogP) is 1.24. The van der Waals surface area contributed by atoms with Crippen LogP contribution in [0.2, 0.25) is 0 Å². The lowest BCUT2D eigenvalue weighted by Crippen LogP contribution is -2.04. The first-order chi connectivity index (χ1) is 6.74. The molecule has 0 amide bonds. The Morgan fingerprint density at radius 2 is 2.21 bits per heavy atom. The highest BCUT2D eigenvalue weighted by Crippen LogP contribution is 2.11. The van der Waals surface area contributed by atoms with Gasteiger partial charge < -0.3 is 10.5 Å². The fraction of sp³-hybridized carbons (Fsp3) is 0.700. The number of aromatic nitrogens is 2. The zero-order valence-corrected chi connectivity index (χ0v) is 8.99. The molecule has 1 rings (SSSR count). The van der Waals surface area contributed by atoms with E-state index in [4.69, 9.17) is 10.5 Å². The van der Waals surface area contributed by atoms with Gasteiger partial charge in [-0.05, 0) is 32.7 Å². The standard InChI is InChI=1S/C10H19N3O/c1-9-8-10(13(2)12-9)14-7-5-3-4-6-11/h8H,3-7,11H2,1-2H3. The average molecular weight is 197 g/mol. The first-order valence-electron chi connectivity index (χ1n) is 5.07. The average Bonchev–Trinajstić information content (AvgIpc) is 2.45. The number of hydrogen-bond acceptors (Lipinski definition) is 3. The van der Waals surface area contributed by atoms with Gasteiger partial charge in [-0.2, -0.15) is 5.10 Å². The van der Waals surface area contributed by atoms with Crippen molar-refractivity contribution in [2.45, 2.75) is 26.2 Å². The molecule has 0 atom stereocenters. The third kappa shape index (κ3) is 3.38. The van der Waals surface area contributed by atoms with Crippen LogP contribution in [0.1, 0.15) is 25.0 Å². The summed E-state index contributed by atoms with van der Waals surface area (Å²) < 4.78 is 7.33. The van der Waals surface area contributed by atoms with Gasteiger partial charge in [-0.3, -0.25) is 0 Å². The van der Waals surface area contributed by atoms with Crippen molar-refractivity contribution in [3.8, 4) is 5.88 Å². The van der Waals surface area contributed by atoms with Gasteiger partial charge in [0.15, 0.2) is 0 Å². The van der Waals surface area contributed by atoms with Crippen LogP contribution in [0.3, 0.4) is 0 Å². The molecule has 4 heteroatoms. The normalized spacial score (nSPS) is 10.5. The maximum absolute atomic E-state index is 5.56. The molecule has 0 unspecified atom stereocenters. The zero-order chi connectivity index (χ0) is 10.4. The molecular weight excluding hydrogens is 178 g/mol. The highest BCUT2D eigenvalue weighted by atomic mass is 16.5. The van der Waals surface area contributed by atoms with Gasteiger partial charge in [-0.1, -0.05) is 0 Å². The molecule has 0 aliphatic rings. The molecule has 0 aromatic carbocycles. The minimum atomic E-state index is 0.749. The Morgan fingerprint density at radius 1 is 1.43 bits per heavy atom. The smallest absolute Gasteiger partial charge is 0.211 e. The first kappa shape index (κ1) is 11.0. The summed E-state index contributed by atoms with van der Waals surface area (Å²) in [5, 5.41) is 4.20. The van der Waals surface area contributed by atoms with E-state index in [1.165, 1.54) is 0 Å². The molecule has 14 heavy (non-hydrogen) atoms. The Hall–Kier alpha value is -1.03. The number of nitrogens with zero attached hydrogens (tertiary/aromatic N) is 2. The summed E-state index contributed by atoms with van der Waals surface area (Å²) in [6, 6.07) is 1.95. The van der Waals surface area contributed by atoms with Crippen molar-refractivity contribution in [3.63, 3.8) is 0 Å². The third-order valence-electron chi connectivity index (χ3n) is 2.06. The molecule has 1 aromatic heterocycles. The molecule has 0 fully saturated rings. The Bertz CT molecular complexity index is 270. The van der Waals surface area contributed by atoms with Gasteiger partial charge in [-0.25, -0.2) is 4.68 Å². The zero-order valence-electron chi connectivity index (χ0n) is 8.99. The van der Waals surface area contributed by atoms with Crippen LogP contribution >= 0.6 is 0 Å². The molecule has 2 N–H and O–H groups in total. The monoisotopic (exact) mass is 197 g/mol. The second-order valence-electron chi connectivity index (χ2n) is 3.45. The third-order valence-corrected chi connectivity index (χ3v) is 2.06. The van der Waals surface area contributed by atoms with Gasteiger partial charge in [0.2, 0.25) is 5.88 Å². The van der Waals surface area contributed by atoms with E-state index in [1.54, 1.807) is 4.68 Å². The van der Waals surface area contributed by atoms with Gasteiger partial charge in [0.1, 0.15) is 0 Å². The number of ether oxygens (including phenoxy) is 1. The van der Waals surface area contributed by atoms with Crippen molar-refractivity contribution in [2.75, 3.05) is 13.2 Å².